The number of benzene rings is 1. The molecule has 0 radical (unpaired) electrons. The average Bonchev–Trinajstić information content (AvgIpc) is 3.10. The molecular weight excluding hydrogens is 318 g/mol. The third-order valence-electron chi connectivity index (χ3n) is 4.85. The summed E-state index contributed by atoms with van der Waals surface area (Å²) in [6.45, 7) is 6.08. The fraction of sp³-hybridized carbons (Fsp3) is 0.579. The van der Waals surface area contributed by atoms with Gasteiger partial charge in [-0.2, -0.15) is 0 Å². The number of rotatable bonds is 6. The smallest absolute Gasteiger partial charge is 0.264 e. The van der Waals surface area contributed by atoms with Gasteiger partial charge in [-0.1, -0.05) is 29.8 Å². The van der Waals surface area contributed by atoms with Gasteiger partial charge in [0, 0.05) is 19.3 Å². The van der Waals surface area contributed by atoms with Crippen LogP contribution in [0.2, 0.25) is 0 Å². The fourth-order valence-corrected chi connectivity index (χ4v) is 3.21. The molecule has 3 rings (SSSR count). The van der Waals surface area contributed by atoms with E-state index in [-0.39, 0.29) is 12.0 Å². The number of hydrogen-bond acceptors (Lipinski definition) is 5. The van der Waals surface area contributed by atoms with Crippen molar-refractivity contribution in [1.29, 1.82) is 0 Å². The summed E-state index contributed by atoms with van der Waals surface area (Å²) < 4.78 is 6.20. The predicted molar refractivity (Wildman–Crippen MR) is 96.9 cm³/mol. The second-order valence-corrected chi connectivity index (χ2v) is 6.81. The summed E-state index contributed by atoms with van der Waals surface area (Å²) in [7, 11) is 0. The van der Waals surface area contributed by atoms with E-state index in [0.29, 0.717) is 19.4 Å². The number of aryl methyl sites for hydroxylation is 1. The van der Waals surface area contributed by atoms with Crippen molar-refractivity contribution >= 4 is 11.6 Å². The minimum atomic E-state index is -0.826. The molecule has 2 aliphatic rings. The first kappa shape index (κ1) is 17.7. The maximum absolute atomic E-state index is 12.9. The molecule has 1 unspecified atom stereocenters. The molecular formula is C19H27N3O3. The van der Waals surface area contributed by atoms with Crippen molar-refractivity contribution in [1.82, 2.24) is 10.6 Å². The van der Waals surface area contributed by atoms with Crippen molar-refractivity contribution in [2.45, 2.75) is 51.2 Å². The lowest BCUT2D eigenvalue weighted by molar-refractivity contribution is -0.139. The van der Waals surface area contributed by atoms with Gasteiger partial charge in [-0.25, -0.2) is 0 Å². The molecule has 25 heavy (non-hydrogen) atoms. The van der Waals surface area contributed by atoms with Crippen LogP contribution in [0.4, 0.5) is 0 Å². The van der Waals surface area contributed by atoms with Gasteiger partial charge < -0.3 is 20.2 Å². The number of oxime groups is 1. The maximum atomic E-state index is 12.9. The lowest BCUT2D eigenvalue weighted by atomic mass is 9.90. The third kappa shape index (κ3) is 4.31. The first-order valence-corrected chi connectivity index (χ1v) is 9.07. The van der Waals surface area contributed by atoms with Gasteiger partial charge in [0.2, 0.25) is 0 Å². The highest BCUT2D eigenvalue weighted by Gasteiger charge is 2.42. The molecule has 0 saturated carbocycles. The van der Waals surface area contributed by atoms with Crippen LogP contribution in [-0.2, 0) is 9.63 Å². The molecule has 0 bridgehead atoms. The summed E-state index contributed by atoms with van der Waals surface area (Å²) in [4.78, 5) is 18.3. The normalized spacial score (nSPS) is 22.0. The van der Waals surface area contributed by atoms with Gasteiger partial charge in [0.05, 0.1) is 12.3 Å². The Balaban J connectivity index is 1.63. The van der Waals surface area contributed by atoms with Gasteiger partial charge in [-0.05, 0) is 38.6 Å². The molecule has 2 heterocycles. The van der Waals surface area contributed by atoms with Gasteiger partial charge in [0.15, 0.2) is 5.60 Å². The van der Waals surface area contributed by atoms with Crippen LogP contribution in [-0.4, -0.2) is 43.0 Å². The number of nitrogens with one attached hydrogen (secondary N) is 2. The van der Waals surface area contributed by atoms with Crippen molar-refractivity contribution in [2.75, 3.05) is 19.6 Å². The van der Waals surface area contributed by atoms with E-state index in [9.17, 15) is 4.79 Å². The second kappa shape index (κ2) is 7.87. The van der Waals surface area contributed by atoms with Crippen LogP contribution in [0, 0.1) is 6.92 Å². The Bertz CT molecular complexity index is 621. The molecule has 6 heteroatoms. The van der Waals surface area contributed by atoms with E-state index in [1.807, 2.05) is 31.2 Å². The zero-order valence-electron chi connectivity index (χ0n) is 15.0. The summed E-state index contributed by atoms with van der Waals surface area (Å²) in [5.74, 6) is 0.666. The Kier molecular flexibility index (Phi) is 5.58. The van der Waals surface area contributed by atoms with Gasteiger partial charge in [0.25, 0.3) is 5.91 Å². The summed E-state index contributed by atoms with van der Waals surface area (Å²) >= 11 is 0. The summed E-state index contributed by atoms with van der Waals surface area (Å²) in [6, 6.07) is 7.84. The second-order valence-electron chi connectivity index (χ2n) is 6.81. The van der Waals surface area contributed by atoms with Crippen LogP contribution in [0.15, 0.2) is 29.4 Å². The van der Waals surface area contributed by atoms with Crippen molar-refractivity contribution < 1.29 is 14.4 Å². The van der Waals surface area contributed by atoms with E-state index in [1.165, 1.54) is 5.56 Å². The molecule has 0 aliphatic carbocycles. The van der Waals surface area contributed by atoms with Crippen LogP contribution in [0.5, 0.6) is 5.75 Å². The molecule has 1 aromatic rings. The Labute approximate surface area is 149 Å². The van der Waals surface area contributed by atoms with E-state index in [1.54, 1.807) is 0 Å². The Hall–Kier alpha value is -2.08. The predicted octanol–water partition coefficient (Wildman–Crippen LogP) is 2.17. The standard InChI is InChI=1S/C19H27N3O3/c1-3-15-12-17(25-22-15)13-21-18(23)19(8-10-20-11-9-19)24-16-6-4-14(2)5-7-16/h4-7,17,20H,3,8-13H2,1-2H3,(H,21,23). The Morgan fingerprint density at radius 2 is 2.08 bits per heavy atom. The van der Waals surface area contributed by atoms with Crippen molar-refractivity contribution in [3.05, 3.63) is 29.8 Å². The van der Waals surface area contributed by atoms with E-state index >= 15 is 0 Å². The SMILES string of the molecule is CCC1=NOC(CNC(=O)C2(Oc3ccc(C)cc3)CCNCC2)C1. The molecule has 2 N–H and O–H groups in total. The summed E-state index contributed by atoms with van der Waals surface area (Å²) in [5, 5.41) is 10.4. The van der Waals surface area contributed by atoms with Crippen molar-refractivity contribution in [3.63, 3.8) is 0 Å². The number of amides is 1. The van der Waals surface area contributed by atoms with Crippen LogP contribution < -0.4 is 15.4 Å². The zero-order chi connectivity index (χ0) is 17.7. The van der Waals surface area contributed by atoms with Gasteiger partial charge in [0.1, 0.15) is 11.9 Å². The first-order valence-electron chi connectivity index (χ1n) is 9.07. The van der Waals surface area contributed by atoms with Crippen LogP contribution in [0.25, 0.3) is 0 Å². The van der Waals surface area contributed by atoms with Gasteiger partial charge >= 0.3 is 0 Å². The molecule has 0 aromatic heterocycles. The van der Waals surface area contributed by atoms with Crippen molar-refractivity contribution in [3.8, 4) is 5.75 Å². The van der Waals surface area contributed by atoms with Gasteiger partial charge in [-0.15, -0.1) is 0 Å². The van der Waals surface area contributed by atoms with E-state index in [4.69, 9.17) is 9.57 Å². The molecule has 1 atom stereocenters. The minimum absolute atomic E-state index is 0.0666. The first-order chi connectivity index (χ1) is 12.1. The van der Waals surface area contributed by atoms with Gasteiger partial charge in [-0.3, -0.25) is 4.79 Å². The van der Waals surface area contributed by atoms with Crippen molar-refractivity contribution in [2.24, 2.45) is 5.16 Å². The number of ether oxygens (including phenoxy) is 1. The minimum Gasteiger partial charge on any atom is -0.477 e. The zero-order valence-corrected chi connectivity index (χ0v) is 15.0. The quantitative estimate of drug-likeness (QED) is 0.829. The third-order valence-corrected chi connectivity index (χ3v) is 4.85. The molecule has 6 nitrogen and oxygen atoms in total. The molecule has 1 fully saturated rings. The van der Waals surface area contributed by atoms with Crippen LogP contribution in [0.1, 0.15) is 38.2 Å². The topological polar surface area (TPSA) is 72.0 Å². The molecule has 2 aliphatic heterocycles. The monoisotopic (exact) mass is 345 g/mol. The average molecular weight is 345 g/mol. The molecule has 1 saturated heterocycles. The molecule has 1 amide bonds. The van der Waals surface area contributed by atoms with E-state index in [0.717, 1.165) is 37.4 Å². The lowest BCUT2D eigenvalue weighted by Gasteiger charge is -2.36. The lowest BCUT2D eigenvalue weighted by Crippen LogP contribution is -2.57. The molecule has 1 aromatic carbocycles. The fourth-order valence-electron chi connectivity index (χ4n) is 3.21. The molecule has 136 valence electrons. The number of hydrogen-bond donors (Lipinski definition) is 2. The highest BCUT2D eigenvalue weighted by molar-refractivity contribution is 5.87. The molecule has 0 spiro atoms. The number of carbonyl (C=O) groups excluding carboxylic acids is 1. The number of piperidine rings is 1. The van der Waals surface area contributed by atoms with Crippen LogP contribution >= 0.6 is 0 Å². The number of carbonyl (C=O) groups is 1. The van der Waals surface area contributed by atoms with E-state index in [2.05, 4.69) is 22.7 Å². The summed E-state index contributed by atoms with van der Waals surface area (Å²) in [5.41, 5.74) is 1.39. The number of nitrogens with zero attached hydrogens (tertiary/aromatic N) is 1. The largest absolute Gasteiger partial charge is 0.477 e. The maximum Gasteiger partial charge on any atom is 0.264 e. The Morgan fingerprint density at radius 3 is 2.72 bits per heavy atom. The summed E-state index contributed by atoms with van der Waals surface area (Å²) in [6.07, 6.45) is 2.89. The van der Waals surface area contributed by atoms with E-state index < -0.39 is 5.60 Å². The highest BCUT2D eigenvalue weighted by Crippen LogP contribution is 2.27. The van der Waals surface area contributed by atoms with Crippen LogP contribution in [0.3, 0.4) is 0 Å². The Morgan fingerprint density at radius 1 is 1.36 bits per heavy atom. The highest BCUT2D eigenvalue weighted by atomic mass is 16.6.